The molecule has 118 valence electrons. The smallest absolute Gasteiger partial charge is 0.119 e. The highest BCUT2D eigenvalue weighted by Crippen LogP contribution is 2.38. The van der Waals surface area contributed by atoms with Crippen LogP contribution in [0.25, 0.3) is 0 Å². The van der Waals surface area contributed by atoms with Gasteiger partial charge in [0.1, 0.15) is 5.75 Å². The van der Waals surface area contributed by atoms with Crippen LogP contribution >= 0.6 is 0 Å². The zero-order valence-corrected chi connectivity index (χ0v) is 13.9. The van der Waals surface area contributed by atoms with Gasteiger partial charge in [-0.2, -0.15) is 0 Å². The van der Waals surface area contributed by atoms with E-state index in [-0.39, 0.29) is 0 Å². The molecule has 1 N–H and O–H groups in total. The second kappa shape index (κ2) is 8.43. The zero-order chi connectivity index (χ0) is 15.1. The lowest BCUT2D eigenvalue weighted by Crippen LogP contribution is -2.28. The number of nitrogens with one attached hydrogen (secondary N) is 1. The van der Waals surface area contributed by atoms with Crippen LogP contribution in [-0.2, 0) is 0 Å². The lowest BCUT2D eigenvalue weighted by atomic mass is 9.75. The summed E-state index contributed by atoms with van der Waals surface area (Å²) in [7, 11) is 2.09. The molecule has 0 spiro atoms. The van der Waals surface area contributed by atoms with E-state index < -0.39 is 0 Å². The summed E-state index contributed by atoms with van der Waals surface area (Å²) in [5.41, 5.74) is 1.38. The lowest BCUT2D eigenvalue weighted by molar-refractivity contribution is 0.219. The Hall–Kier alpha value is -1.02. The van der Waals surface area contributed by atoms with Crippen molar-refractivity contribution in [2.24, 2.45) is 11.8 Å². The molecule has 0 aliphatic heterocycles. The molecule has 0 saturated heterocycles. The van der Waals surface area contributed by atoms with Crippen LogP contribution in [0, 0.1) is 11.8 Å². The molecule has 2 rings (SSSR count). The van der Waals surface area contributed by atoms with E-state index in [1.165, 1.54) is 44.1 Å². The monoisotopic (exact) mass is 289 g/mol. The third-order valence-corrected chi connectivity index (χ3v) is 4.90. The molecule has 21 heavy (non-hydrogen) atoms. The molecule has 0 aromatic heterocycles. The summed E-state index contributed by atoms with van der Waals surface area (Å²) in [6, 6.07) is 9.09. The van der Waals surface area contributed by atoms with Crippen molar-refractivity contribution in [2.45, 2.75) is 58.4 Å². The molecule has 1 saturated carbocycles. The fourth-order valence-corrected chi connectivity index (χ4v) is 3.86. The topological polar surface area (TPSA) is 21.3 Å². The Kier molecular flexibility index (Phi) is 6.56. The summed E-state index contributed by atoms with van der Waals surface area (Å²) in [4.78, 5) is 0. The molecule has 2 nitrogen and oxygen atoms in total. The Morgan fingerprint density at radius 1 is 1.19 bits per heavy atom. The summed E-state index contributed by atoms with van der Waals surface area (Å²) >= 11 is 0. The van der Waals surface area contributed by atoms with E-state index in [2.05, 4.69) is 43.6 Å². The second-order valence-electron chi connectivity index (χ2n) is 6.34. The van der Waals surface area contributed by atoms with Gasteiger partial charge in [-0.05, 0) is 56.3 Å². The molecule has 0 bridgehead atoms. The summed E-state index contributed by atoms with van der Waals surface area (Å²) in [6.07, 6.45) is 8.27. The van der Waals surface area contributed by atoms with E-state index in [0.717, 1.165) is 24.2 Å². The zero-order valence-electron chi connectivity index (χ0n) is 13.9. The van der Waals surface area contributed by atoms with Crippen molar-refractivity contribution < 1.29 is 4.74 Å². The first-order valence-corrected chi connectivity index (χ1v) is 8.68. The van der Waals surface area contributed by atoms with Gasteiger partial charge < -0.3 is 10.1 Å². The van der Waals surface area contributed by atoms with Gasteiger partial charge in [0.05, 0.1) is 6.61 Å². The first kappa shape index (κ1) is 16.4. The summed E-state index contributed by atoms with van der Waals surface area (Å²) in [5, 5.41) is 3.55. The molecule has 0 radical (unpaired) electrons. The van der Waals surface area contributed by atoms with Crippen LogP contribution in [0.1, 0.15) is 64.0 Å². The van der Waals surface area contributed by atoms with Gasteiger partial charge in [-0.15, -0.1) is 0 Å². The quantitative estimate of drug-likeness (QED) is 0.766. The average molecular weight is 289 g/mol. The normalized spacial score (nSPS) is 23.8. The van der Waals surface area contributed by atoms with Crippen molar-refractivity contribution >= 4 is 0 Å². The first-order valence-electron chi connectivity index (χ1n) is 8.68. The van der Waals surface area contributed by atoms with Crippen LogP contribution in [0.5, 0.6) is 5.75 Å². The molecule has 0 heterocycles. The van der Waals surface area contributed by atoms with Gasteiger partial charge in [-0.1, -0.05) is 44.7 Å². The number of hydrogen-bond acceptors (Lipinski definition) is 2. The van der Waals surface area contributed by atoms with Crippen molar-refractivity contribution in [1.82, 2.24) is 5.32 Å². The fourth-order valence-electron chi connectivity index (χ4n) is 3.86. The van der Waals surface area contributed by atoms with Gasteiger partial charge in [0.25, 0.3) is 0 Å². The molecular weight excluding hydrogens is 258 g/mol. The summed E-state index contributed by atoms with van der Waals surface area (Å²) < 4.78 is 5.65. The van der Waals surface area contributed by atoms with Gasteiger partial charge in [-0.3, -0.25) is 0 Å². The predicted molar refractivity (Wildman–Crippen MR) is 89.8 cm³/mol. The third kappa shape index (κ3) is 4.47. The van der Waals surface area contributed by atoms with E-state index in [1.807, 2.05) is 6.92 Å². The molecule has 0 amide bonds. The van der Waals surface area contributed by atoms with Gasteiger partial charge in [-0.25, -0.2) is 0 Å². The fraction of sp³-hybridized carbons (Fsp3) is 0.684. The minimum absolute atomic E-state index is 0.466. The Morgan fingerprint density at radius 2 is 1.95 bits per heavy atom. The van der Waals surface area contributed by atoms with Crippen molar-refractivity contribution in [1.29, 1.82) is 0 Å². The minimum atomic E-state index is 0.466. The average Bonchev–Trinajstić information content (AvgIpc) is 2.51. The molecule has 1 aromatic rings. The van der Waals surface area contributed by atoms with Gasteiger partial charge >= 0.3 is 0 Å². The molecule has 1 unspecified atom stereocenters. The van der Waals surface area contributed by atoms with Crippen LogP contribution in [0.3, 0.4) is 0 Å². The maximum atomic E-state index is 5.65. The first-order chi connectivity index (χ1) is 10.3. The van der Waals surface area contributed by atoms with E-state index in [0.29, 0.717) is 6.04 Å². The number of rotatable bonds is 7. The third-order valence-electron chi connectivity index (χ3n) is 4.90. The lowest BCUT2D eigenvalue weighted by Gasteiger charge is -2.34. The Bertz CT molecular complexity index is 410. The number of hydrogen-bond donors (Lipinski definition) is 1. The van der Waals surface area contributed by atoms with Gasteiger partial charge in [0.2, 0.25) is 0 Å². The van der Waals surface area contributed by atoms with Gasteiger partial charge in [0.15, 0.2) is 0 Å². The molecular formula is C19H31NO. The largest absolute Gasteiger partial charge is 0.494 e. The maximum Gasteiger partial charge on any atom is 0.119 e. The number of ether oxygens (including phenoxy) is 1. The Balaban J connectivity index is 2.01. The molecule has 1 aromatic carbocycles. The Labute approximate surface area is 130 Å². The van der Waals surface area contributed by atoms with Crippen LogP contribution in [0.4, 0.5) is 0 Å². The van der Waals surface area contributed by atoms with Crippen molar-refractivity contribution in [2.75, 3.05) is 13.7 Å². The summed E-state index contributed by atoms with van der Waals surface area (Å²) in [6.45, 7) is 5.08. The minimum Gasteiger partial charge on any atom is -0.494 e. The van der Waals surface area contributed by atoms with Crippen LogP contribution in [-0.4, -0.2) is 13.7 Å². The van der Waals surface area contributed by atoms with E-state index in [9.17, 15) is 0 Å². The standard InChI is InChI=1S/C19H31NO/c1-4-7-15-10-12-16(13-11-15)19(20-3)17-8-6-9-18(14-17)21-5-2/h6,8-9,14-16,19-20H,4-5,7,10-13H2,1-3H3. The van der Waals surface area contributed by atoms with E-state index in [4.69, 9.17) is 4.74 Å². The molecule has 1 aliphatic carbocycles. The summed E-state index contributed by atoms with van der Waals surface area (Å²) in [5.74, 6) is 2.73. The predicted octanol–water partition coefficient (Wildman–Crippen LogP) is 4.95. The van der Waals surface area contributed by atoms with Crippen LogP contribution in [0.2, 0.25) is 0 Å². The van der Waals surface area contributed by atoms with Crippen LogP contribution < -0.4 is 10.1 Å². The van der Waals surface area contributed by atoms with Crippen molar-refractivity contribution in [3.8, 4) is 5.75 Å². The van der Waals surface area contributed by atoms with Crippen LogP contribution in [0.15, 0.2) is 24.3 Å². The number of benzene rings is 1. The second-order valence-corrected chi connectivity index (χ2v) is 6.34. The Morgan fingerprint density at radius 3 is 2.57 bits per heavy atom. The van der Waals surface area contributed by atoms with Gasteiger partial charge in [0, 0.05) is 6.04 Å². The highest BCUT2D eigenvalue weighted by atomic mass is 16.5. The molecule has 1 aliphatic rings. The van der Waals surface area contributed by atoms with E-state index in [1.54, 1.807) is 0 Å². The molecule has 1 fully saturated rings. The highest BCUT2D eigenvalue weighted by Gasteiger charge is 2.27. The van der Waals surface area contributed by atoms with Crippen molar-refractivity contribution in [3.05, 3.63) is 29.8 Å². The molecule has 1 atom stereocenters. The highest BCUT2D eigenvalue weighted by molar-refractivity contribution is 5.31. The van der Waals surface area contributed by atoms with Crippen molar-refractivity contribution in [3.63, 3.8) is 0 Å². The maximum absolute atomic E-state index is 5.65. The van der Waals surface area contributed by atoms with E-state index >= 15 is 0 Å². The SMILES string of the molecule is CCCC1CCC(C(NC)c2cccc(OCC)c2)CC1. The molecule has 2 heteroatoms.